The highest BCUT2D eigenvalue weighted by Crippen LogP contribution is 2.22. The zero-order valence-corrected chi connectivity index (χ0v) is 16.4. The number of nitrogens with zero attached hydrogens (tertiary/aromatic N) is 2. The lowest BCUT2D eigenvalue weighted by Crippen LogP contribution is -2.61. The average Bonchev–Trinajstić information content (AvgIpc) is 2.70. The Morgan fingerprint density at radius 1 is 0.963 bits per heavy atom. The molecule has 1 aliphatic rings. The molecule has 0 bridgehead atoms. The van der Waals surface area contributed by atoms with Gasteiger partial charge in [-0.1, -0.05) is 44.2 Å². The van der Waals surface area contributed by atoms with Crippen molar-refractivity contribution < 1.29 is 14.3 Å². The van der Waals surface area contributed by atoms with Crippen LogP contribution in [0.5, 0.6) is 5.75 Å². The summed E-state index contributed by atoms with van der Waals surface area (Å²) >= 11 is 0. The van der Waals surface area contributed by atoms with Gasteiger partial charge in [0.1, 0.15) is 5.75 Å². The lowest BCUT2D eigenvalue weighted by molar-refractivity contribution is -0.147. The van der Waals surface area contributed by atoms with Gasteiger partial charge in [0.2, 0.25) is 5.91 Å². The third-order valence-electron chi connectivity index (χ3n) is 5.45. The summed E-state index contributed by atoms with van der Waals surface area (Å²) in [5.41, 5.74) is 0. The maximum Gasteiger partial charge on any atom is 0.260 e. The van der Waals surface area contributed by atoms with Gasteiger partial charge in [-0.2, -0.15) is 0 Å². The molecule has 2 amide bonds. The number of rotatable bonds is 5. The summed E-state index contributed by atoms with van der Waals surface area (Å²) in [6, 6.07) is 14.1. The number of carbonyl (C=O) groups excluding carboxylic acids is 2. The van der Waals surface area contributed by atoms with E-state index < -0.39 is 0 Å². The van der Waals surface area contributed by atoms with Crippen molar-refractivity contribution in [3.8, 4) is 5.75 Å². The van der Waals surface area contributed by atoms with Crippen LogP contribution in [0.15, 0.2) is 42.5 Å². The summed E-state index contributed by atoms with van der Waals surface area (Å²) in [6.07, 6.45) is 1.66. The van der Waals surface area contributed by atoms with Crippen LogP contribution in [0.25, 0.3) is 10.8 Å². The van der Waals surface area contributed by atoms with E-state index in [0.717, 1.165) is 23.6 Å². The van der Waals surface area contributed by atoms with Gasteiger partial charge in [0.25, 0.3) is 5.91 Å². The van der Waals surface area contributed by atoms with Crippen molar-refractivity contribution in [1.29, 1.82) is 0 Å². The summed E-state index contributed by atoms with van der Waals surface area (Å²) in [5.74, 6) is 0.765. The fourth-order valence-electron chi connectivity index (χ4n) is 3.82. The van der Waals surface area contributed by atoms with Gasteiger partial charge < -0.3 is 14.5 Å². The van der Waals surface area contributed by atoms with E-state index >= 15 is 0 Å². The highest BCUT2D eigenvalue weighted by molar-refractivity contribution is 5.84. The van der Waals surface area contributed by atoms with Gasteiger partial charge in [-0.3, -0.25) is 9.59 Å². The Kier molecular flexibility index (Phi) is 5.99. The van der Waals surface area contributed by atoms with Crippen LogP contribution in [0, 0.1) is 0 Å². The summed E-state index contributed by atoms with van der Waals surface area (Å²) < 4.78 is 5.79. The average molecular weight is 368 g/mol. The molecule has 5 heteroatoms. The minimum Gasteiger partial charge on any atom is -0.484 e. The van der Waals surface area contributed by atoms with Crippen molar-refractivity contribution in [1.82, 2.24) is 9.80 Å². The Labute approximate surface area is 160 Å². The van der Waals surface area contributed by atoms with E-state index in [1.54, 1.807) is 6.92 Å². The molecule has 0 N–H and O–H groups in total. The van der Waals surface area contributed by atoms with E-state index in [2.05, 4.69) is 19.9 Å². The normalized spacial score (nSPS) is 20.0. The molecule has 5 nitrogen and oxygen atoms in total. The Hall–Kier alpha value is -2.56. The predicted octanol–water partition coefficient (Wildman–Crippen LogP) is 3.47. The molecule has 1 aliphatic heterocycles. The maximum absolute atomic E-state index is 12.8. The topological polar surface area (TPSA) is 49.9 Å². The highest BCUT2D eigenvalue weighted by Gasteiger charge is 2.35. The Morgan fingerprint density at radius 3 is 2.26 bits per heavy atom. The smallest absolute Gasteiger partial charge is 0.260 e. The second-order valence-electron chi connectivity index (χ2n) is 7.14. The number of hydrogen-bond donors (Lipinski definition) is 0. The van der Waals surface area contributed by atoms with Crippen molar-refractivity contribution in [2.75, 3.05) is 19.7 Å². The second kappa shape index (κ2) is 8.42. The van der Waals surface area contributed by atoms with E-state index in [9.17, 15) is 9.59 Å². The zero-order chi connectivity index (χ0) is 19.4. The van der Waals surface area contributed by atoms with Crippen molar-refractivity contribution in [3.05, 3.63) is 42.5 Å². The molecule has 0 saturated carbocycles. The number of benzene rings is 2. The Morgan fingerprint density at radius 2 is 1.59 bits per heavy atom. The van der Waals surface area contributed by atoms with Gasteiger partial charge in [-0.05, 0) is 35.7 Å². The number of piperazine rings is 1. The monoisotopic (exact) mass is 368 g/mol. The van der Waals surface area contributed by atoms with E-state index in [4.69, 9.17) is 4.74 Å². The first kappa shape index (κ1) is 19.2. The second-order valence-corrected chi connectivity index (χ2v) is 7.14. The summed E-state index contributed by atoms with van der Waals surface area (Å²) in [5, 5.41) is 2.24. The largest absolute Gasteiger partial charge is 0.484 e. The Bertz CT molecular complexity index is 820. The zero-order valence-electron chi connectivity index (χ0n) is 16.4. The molecule has 0 radical (unpaired) electrons. The highest BCUT2D eigenvalue weighted by atomic mass is 16.5. The molecule has 3 rings (SSSR count). The lowest BCUT2D eigenvalue weighted by atomic mass is 10.0. The molecule has 1 saturated heterocycles. The van der Waals surface area contributed by atoms with Crippen molar-refractivity contribution >= 4 is 22.6 Å². The van der Waals surface area contributed by atoms with Gasteiger partial charge in [0.05, 0.1) is 0 Å². The van der Waals surface area contributed by atoms with Crippen LogP contribution in [0.4, 0.5) is 0 Å². The van der Waals surface area contributed by atoms with Crippen LogP contribution in [0.2, 0.25) is 0 Å². The first-order valence-corrected chi connectivity index (χ1v) is 9.71. The third kappa shape index (κ3) is 4.24. The SMILES string of the molecule is CC[C@@H]1CN(C(=O)COc2ccc3ccccc3c2)[C@H](CC)CN1C(C)=O. The quantitative estimate of drug-likeness (QED) is 0.812. The molecule has 0 spiro atoms. The fourth-order valence-corrected chi connectivity index (χ4v) is 3.82. The fraction of sp³-hybridized carbons (Fsp3) is 0.455. The molecular weight excluding hydrogens is 340 g/mol. The van der Waals surface area contributed by atoms with E-state index in [0.29, 0.717) is 18.8 Å². The van der Waals surface area contributed by atoms with Gasteiger partial charge in [-0.25, -0.2) is 0 Å². The number of amides is 2. The minimum absolute atomic E-state index is 0.0170. The first-order valence-electron chi connectivity index (χ1n) is 9.71. The Balaban J connectivity index is 1.67. The number of fused-ring (bicyclic) bond motifs is 1. The molecule has 0 aromatic heterocycles. The van der Waals surface area contributed by atoms with Crippen LogP contribution >= 0.6 is 0 Å². The van der Waals surface area contributed by atoms with E-state index in [-0.39, 0.29) is 30.5 Å². The maximum atomic E-state index is 12.8. The molecule has 2 atom stereocenters. The van der Waals surface area contributed by atoms with Crippen molar-refractivity contribution in [3.63, 3.8) is 0 Å². The van der Waals surface area contributed by atoms with Crippen LogP contribution < -0.4 is 4.74 Å². The molecule has 144 valence electrons. The molecule has 0 aliphatic carbocycles. The molecule has 1 fully saturated rings. The summed E-state index contributed by atoms with van der Waals surface area (Å²) in [4.78, 5) is 28.6. The van der Waals surface area contributed by atoms with Crippen LogP contribution in [0.3, 0.4) is 0 Å². The van der Waals surface area contributed by atoms with Gasteiger partial charge >= 0.3 is 0 Å². The number of carbonyl (C=O) groups is 2. The van der Waals surface area contributed by atoms with Gasteiger partial charge in [0.15, 0.2) is 6.61 Å². The molecule has 27 heavy (non-hydrogen) atoms. The molecule has 1 heterocycles. The lowest BCUT2D eigenvalue weighted by Gasteiger charge is -2.45. The molecule has 2 aromatic rings. The van der Waals surface area contributed by atoms with Crippen LogP contribution in [-0.2, 0) is 9.59 Å². The molecular formula is C22H28N2O3. The third-order valence-corrected chi connectivity index (χ3v) is 5.45. The van der Waals surface area contributed by atoms with Crippen LogP contribution in [0.1, 0.15) is 33.6 Å². The summed E-state index contributed by atoms with van der Waals surface area (Å²) in [7, 11) is 0. The van der Waals surface area contributed by atoms with Crippen molar-refractivity contribution in [2.24, 2.45) is 0 Å². The number of hydrogen-bond acceptors (Lipinski definition) is 3. The van der Waals surface area contributed by atoms with Gasteiger partial charge in [0, 0.05) is 32.1 Å². The molecule has 2 aromatic carbocycles. The standard InChI is InChI=1S/C22H28N2O3/c1-4-19-14-24(20(5-2)13-23(19)16(3)25)22(26)15-27-21-11-10-17-8-6-7-9-18(17)12-21/h6-12,19-20H,4-5,13-15H2,1-3H3/t19-,20-/m1/s1. The predicted molar refractivity (Wildman–Crippen MR) is 107 cm³/mol. The minimum atomic E-state index is -0.0170. The van der Waals surface area contributed by atoms with Crippen molar-refractivity contribution in [2.45, 2.75) is 45.7 Å². The first-order chi connectivity index (χ1) is 13.0. The van der Waals surface area contributed by atoms with E-state index in [1.807, 2.05) is 46.2 Å². The van der Waals surface area contributed by atoms with E-state index in [1.165, 1.54) is 0 Å². The molecule has 0 unspecified atom stereocenters. The van der Waals surface area contributed by atoms with Gasteiger partial charge in [-0.15, -0.1) is 0 Å². The number of ether oxygens (including phenoxy) is 1. The van der Waals surface area contributed by atoms with Crippen LogP contribution in [-0.4, -0.2) is 53.4 Å². The summed E-state index contributed by atoms with van der Waals surface area (Å²) in [6.45, 7) is 6.92.